The molecule has 0 spiro atoms. The van der Waals surface area contributed by atoms with E-state index >= 15 is 0 Å². The monoisotopic (exact) mass is 330 g/mol. The van der Waals surface area contributed by atoms with E-state index in [0.717, 1.165) is 4.47 Å². The number of aryl methyl sites for hydroxylation is 1. The Morgan fingerprint density at radius 2 is 2.00 bits per heavy atom. The first kappa shape index (κ1) is 13.3. The fourth-order valence-corrected chi connectivity index (χ4v) is 2.62. The lowest BCUT2D eigenvalue weighted by Gasteiger charge is -2.04. The number of rotatable bonds is 4. The minimum Gasteiger partial charge on any atom is -0.449 e. The predicted molar refractivity (Wildman–Crippen MR) is 69.4 cm³/mol. The molecule has 1 heterocycles. The molecular weight excluding hydrogens is 320 g/mol. The first-order chi connectivity index (χ1) is 8.47. The SMILES string of the molecule is Cc1nc(CNS(=O)(=O)c2ccc(Br)cc2)co1. The number of nitrogens with one attached hydrogen (secondary N) is 1. The molecule has 0 saturated carbocycles. The van der Waals surface area contributed by atoms with Crippen molar-refractivity contribution >= 4 is 26.0 Å². The van der Waals surface area contributed by atoms with E-state index in [4.69, 9.17) is 4.42 Å². The molecule has 96 valence electrons. The smallest absolute Gasteiger partial charge is 0.240 e. The number of nitrogens with zero attached hydrogens (tertiary/aromatic N) is 1. The molecule has 0 saturated heterocycles. The van der Waals surface area contributed by atoms with Gasteiger partial charge in [-0.05, 0) is 24.3 Å². The second-order valence-electron chi connectivity index (χ2n) is 3.64. The molecule has 18 heavy (non-hydrogen) atoms. The first-order valence-corrected chi connectivity index (χ1v) is 7.41. The van der Waals surface area contributed by atoms with Gasteiger partial charge in [0.05, 0.1) is 17.1 Å². The van der Waals surface area contributed by atoms with Gasteiger partial charge in [-0.3, -0.25) is 0 Å². The van der Waals surface area contributed by atoms with Crippen molar-refractivity contribution in [3.8, 4) is 0 Å². The average Bonchev–Trinajstić information content (AvgIpc) is 2.73. The van der Waals surface area contributed by atoms with E-state index in [1.165, 1.54) is 18.4 Å². The van der Waals surface area contributed by atoms with E-state index in [1.807, 2.05) is 0 Å². The number of benzene rings is 1. The van der Waals surface area contributed by atoms with Crippen LogP contribution in [-0.2, 0) is 16.6 Å². The van der Waals surface area contributed by atoms with Gasteiger partial charge in [0.15, 0.2) is 5.89 Å². The van der Waals surface area contributed by atoms with Crippen molar-refractivity contribution in [2.45, 2.75) is 18.4 Å². The summed E-state index contributed by atoms with van der Waals surface area (Å²) in [5.74, 6) is 0.507. The maximum absolute atomic E-state index is 11.9. The Bertz CT molecular complexity index is 635. The van der Waals surface area contributed by atoms with Gasteiger partial charge in [0.2, 0.25) is 10.0 Å². The Balaban J connectivity index is 2.10. The molecular formula is C11H11BrN2O3S. The number of oxazole rings is 1. The number of halogens is 1. The van der Waals surface area contributed by atoms with Crippen LogP contribution in [0.15, 0.2) is 44.3 Å². The highest BCUT2D eigenvalue weighted by molar-refractivity contribution is 9.10. The Kier molecular flexibility index (Phi) is 3.84. The Hall–Kier alpha value is -1.18. The van der Waals surface area contributed by atoms with Gasteiger partial charge >= 0.3 is 0 Å². The van der Waals surface area contributed by atoms with Crippen molar-refractivity contribution in [3.63, 3.8) is 0 Å². The fraction of sp³-hybridized carbons (Fsp3) is 0.182. The highest BCUT2D eigenvalue weighted by atomic mass is 79.9. The summed E-state index contributed by atoms with van der Waals surface area (Å²) in [4.78, 5) is 4.23. The van der Waals surface area contributed by atoms with Crippen LogP contribution in [0.25, 0.3) is 0 Å². The minimum absolute atomic E-state index is 0.107. The number of hydrogen-bond donors (Lipinski definition) is 1. The van der Waals surface area contributed by atoms with Gasteiger partial charge < -0.3 is 4.42 Å². The highest BCUT2D eigenvalue weighted by Crippen LogP contribution is 2.14. The summed E-state index contributed by atoms with van der Waals surface area (Å²) < 4.78 is 32.2. The van der Waals surface area contributed by atoms with Crippen molar-refractivity contribution < 1.29 is 12.8 Å². The van der Waals surface area contributed by atoms with Crippen molar-refractivity contribution in [3.05, 3.63) is 46.6 Å². The molecule has 1 N–H and O–H groups in total. The van der Waals surface area contributed by atoms with Gasteiger partial charge in [-0.15, -0.1) is 0 Å². The molecule has 0 aliphatic heterocycles. The molecule has 0 unspecified atom stereocenters. The van der Waals surface area contributed by atoms with Crippen molar-refractivity contribution in [1.29, 1.82) is 0 Å². The van der Waals surface area contributed by atoms with Crippen LogP contribution < -0.4 is 4.72 Å². The summed E-state index contributed by atoms with van der Waals surface area (Å²) in [6.45, 7) is 1.81. The molecule has 1 aromatic heterocycles. The van der Waals surface area contributed by atoms with Gasteiger partial charge in [-0.25, -0.2) is 18.1 Å². The van der Waals surface area contributed by atoms with Crippen LogP contribution in [-0.4, -0.2) is 13.4 Å². The van der Waals surface area contributed by atoms with Crippen LogP contribution in [0.5, 0.6) is 0 Å². The van der Waals surface area contributed by atoms with E-state index in [-0.39, 0.29) is 11.4 Å². The molecule has 2 rings (SSSR count). The van der Waals surface area contributed by atoms with Crippen LogP contribution in [0.1, 0.15) is 11.6 Å². The highest BCUT2D eigenvalue weighted by Gasteiger charge is 2.14. The third-order valence-electron chi connectivity index (χ3n) is 2.23. The Labute approximate surface area is 113 Å². The van der Waals surface area contributed by atoms with Gasteiger partial charge in [0, 0.05) is 11.4 Å². The molecule has 0 fully saturated rings. The fourth-order valence-electron chi connectivity index (χ4n) is 1.36. The Morgan fingerprint density at radius 1 is 1.33 bits per heavy atom. The lowest BCUT2D eigenvalue weighted by Crippen LogP contribution is -2.23. The molecule has 2 aromatic rings. The molecule has 0 atom stereocenters. The maximum atomic E-state index is 11.9. The molecule has 0 aliphatic rings. The molecule has 0 aliphatic carbocycles. The van der Waals surface area contributed by atoms with E-state index in [9.17, 15) is 8.42 Å². The maximum Gasteiger partial charge on any atom is 0.240 e. The van der Waals surface area contributed by atoms with Crippen molar-refractivity contribution in [2.75, 3.05) is 0 Å². The van der Waals surface area contributed by atoms with Crippen LogP contribution in [0.2, 0.25) is 0 Å². The van der Waals surface area contributed by atoms with Crippen LogP contribution >= 0.6 is 15.9 Å². The van der Waals surface area contributed by atoms with Crippen LogP contribution in [0.4, 0.5) is 0 Å². The number of hydrogen-bond acceptors (Lipinski definition) is 4. The quantitative estimate of drug-likeness (QED) is 0.932. The van der Waals surface area contributed by atoms with E-state index < -0.39 is 10.0 Å². The summed E-state index contributed by atoms with van der Waals surface area (Å²) >= 11 is 3.25. The molecule has 0 radical (unpaired) electrons. The second-order valence-corrected chi connectivity index (χ2v) is 6.32. The topological polar surface area (TPSA) is 72.2 Å². The zero-order chi connectivity index (χ0) is 13.2. The van der Waals surface area contributed by atoms with Crippen molar-refractivity contribution in [1.82, 2.24) is 9.71 Å². The lowest BCUT2D eigenvalue weighted by atomic mass is 10.4. The average molecular weight is 331 g/mol. The third kappa shape index (κ3) is 3.18. The number of aromatic nitrogens is 1. The standard InChI is InChI=1S/C11H11BrN2O3S/c1-8-14-10(7-17-8)6-13-18(15,16)11-4-2-9(12)3-5-11/h2-5,7,13H,6H2,1H3. The van der Waals surface area contributed by atoms with Crippen molar-refractivity contribution in [2.24, 2.45) is 0 Å². The van der Waals surface area contributed by atoms with Gasteiger partial charge in [0.1, 0.15) is 6.26 Å². The summed E-state index contributed by atoms with van der Waals surface area (Å²) in [5.41, 5.74) is 0.549. The predicted octanol–water partition coefficient (Wildman–Crippen LogP) is 2.22. The minimum atomic E-state index is -3.52. The van der Waals surface area contributed by atoms with Gasteiger partial charge in [-0.1, -0.05) is 15.9 Å². The van der Waals surface area contributed by atoms with Gasteiger partial charge in [0.25, 0.3) is 0 Å². The largest absolute Gasteiger partial charge is 0.449 e. The summed E-state index contributed by atoms with van der Waals surface area (Å²) in [7, 11) is -3.52. The summed E-state index contributed by atoms with van der Waals surface area (Å²) in [5, 5.41) is 0. The lowest BCUT2D eigenvalue weighted by molar-refractivity contribution is 0.520. The van der Waals surface area contributed by atoms with Crippen LogP contribution in [0, 0.1) is 6.92 Å². The molecule has 0 bridgehead atoms. The van der Waals surface area contributed by atoms with E-state index in [1.54, 1.807) is 19.1 Å². The molecule has 1 aromatic carbocycles. The van der Waals surface area contributed by atoms with E-state index in [0.29, 0.717) is 11.6 Å². The Morgan fingerprint density at radius 3 is 2.56 bits per heavy atom. The zero-order valence-corrected chi connectivity index (χ0v) is 12.0. The van der Waals surface area contributed by atoms with E-state index in [2.05, 4.69) is 25.6 Å². The molecule has 7 heteroatoms. The summed E-state index contributed by atoms with van der Waals surface area (Å²) in [6.07, 6.45) is 1.43. The second kappa shape index (κ2) is 5.21. The van der Waals surface area contributed by atoms with Gasteiger partial charge in [-0.2, -0.15) is 0 Å². The molecule has 0 amide bonds. The summed E-state index contributed by atoms with van der Waals surface area (Å²) in [6, 6.07) is 6.41. The third-order valence-corrected chi connectivity index (χ3v) is 4.18. The molecule has 5 nitrogen and oxygen atoms in total. The zero-order valence-electron chi connectivity index (χ0n) is 9.55. The van der Waals surface area contributed by atoms with Crippen LogP contribution in [0.3, 0.4) is 0 Å². The normalized spacial score (nSPS) is 11.7. The first-order valence-electron chi connectivity index (χ1n) is 5.13. The number of sulfonamides is 1.